The Hall–Kier alpha value is -4.39. The lowest BCUT2D eigenvalue weighted by Gasteiger charge is -2.15. The Morgan fingerprint density at radius 3 is 2.31 bits per heavy atom. The van der Waals surface area contributed by atoms with Crippen LogP contribution in [0.3, 0.4) is 0 Å². The highest BCUT2D eigenvalue weighted by atomic mass is 16.5. The van der Waals surface area contributed by atoms with Gasteiger partial charge in [-0.3, -0.25) is 0 Å². The number of ether oxygens (including phenoxy) is 4. The molecule has 36 heavy (non-hydrogen) atoms. The Kier molecular flexibility index (Phi) is 6.29. The molecule has 0 fully saturated rings. The second-order valence-corrected chi connectivity index (χ2v) is 8.21. The fraction of sp³-hybridized carbons (Fsp3) is 0.207. The Morgan fingerprint density at radius 1 is 0.889 bits per heavy atom. The lowest BCUT2D eigenvalue weighted by atomic mass is 10.0. The lowest BCUT2D eigenvalue weighted by Crippen LogP contribution is -2.14. The molecule has 0 saturated heterocycles. The van der Waals surface area contributed by atoms with Gasteiger partial charge < -0.3 is 27.9 Å². The average Bonchev–Trinajstić information content (AvgIpc) is 3.43. The molecule has 0 unspecified atom stereocenters. The first-order valence-corrected chi connectivity index (χ1v) is 11.7. The third kappa shape index (κ3) is 3.92. The molecule has 0 spiro atoms. The number of esters is 1. The van der Waals surface area contributed by atoms with E-state index in [1.807, 2.05) is 71.3 Å². The van der Waals surface area contributed by atoms with Crippen molar-refractivity contribution in [3.8, 4) is 28.4 Å². The predicted molar refractivity (Wildman–Crippen MR) is 138 cm³/mol. The molecule has 2 aromatic heterocycles. The van der Waals surface area contributed by atoms with E-state index in [9.17, 15) is 4.79 Å². The molecule has 7 heteroatoms. The summed E-state index contributed by atoms with van der Waals surface area (Å²) in [6.07, 6.45) is 0. The Morgan fingerprint density at radius 2 is 1.61 bits per heavy atom. The minimum Gasteiger partial charge on any atom is -0.497 e. The number of methoxy groups -OCH3 is 3. The van der Waals surface area contributed by atoms with Crippen LogP contribution >= 0.6 is 0 Å². The number of carbonyl (C=O) groups excluding carboxylic acids is 1. The monoisotopic (exact) mass is 485 g/mol. The summed E-state index contributed by atoms with van der Waals surface area (Å²) >= 11 is 0. The van der Waals surface area contributed by atoms with E-state index in [2.05, 4.69) is 0 Å². The van der Waals surface area contributed by atoms with E-state index in [0.717, 1.165) is 33.4 Å². The Balaban J connectivity index is 1.85. The van der Waals surface area contributed by atoms with Gasteiger partial charge in [-0.15, -0.1) is 0 Å². The van der Waals surface area contributed by atoms with E-state index in [0.29, 0.717) is 34.9 Å². The normalized spacial score (nSPS) is 11.1. The van der Waals surface area contributed by atoms with Gasteiger partial charge >= 0.3 is 5.97 Å². The summed E-state index contributed by atoms with van der Waals surface area (Å²) in [4.78, 5) is 13.5. The van der Waals surface area contributed by atoms with Crippen LogP contribution in [0, 0.1) is 0 Å². The molecule has 0 radical (unpaired) electrons. The van der Waals surface area contributed by atoms with Crippen molar-refractivity contribution in [2.75, 3.05) is 27.9 Å². The zero-order valence-corrected chi connectivity index (χ0v) is 20.7. The van der Waals surface area contributed by atoms with Crippen LogP contribution in [0.25, 0.3) is 33.2 Å². The van der Waals surface area contributed by atoms with Crippen molar-refractivity contribution in [1.29, 1.82) is 0 Å². The van der Waals surface area contributed by atoms with Crippen molar-refractivity contribution in [1.82, 2.24) is 4.57 Å². The van der Waals surface area contributed by atoms with Crippen molar-refractivity contribution < 1.29 is 28.2 Å². The van der Waals surface area contributed by atoms with Gasteiger partial charge in [0.2, 0.25) is 0 Å². The molecule has 0 aliphatic carbocycles. The van der Waals surface area contributed by atoms with Gasteiger partial charge in [0.15, 0.2) is 5.58 Å². The predicted octanol–water partition coefficient (Wildman–Crippen LogP) is 6.31. The summed E-state index contributed by atoms with van der Waals surface area (Å²) < 4.78 is 30.3. The second kappa shape index (κ2) is 9.70. The molecule has 7 nitrogen and oxygen atoms in total. The SMILES string of the molecule is CCOC(=O)c1c(-c2ccc(OC)cc2)c2oc3ccccc3c2n1Cc1cc(OC)ccc1OC. The third-order valence-electron chi connectivity index (χ3n) is 6.24. The van der Waals surface area contributed by atoms with Crippen LogP contribution in [0.2, 0.25) is 0 Å². The third-order valence-corrected chi connectivity index (χ3v) is 6.24. The van der Waals surface area contributed by atoms with E-state index in [4.69, 9.17) is 23.4 Å². The fourth-order valence-corrected chi connectivity index (χ4v) is 4.59. The zero-order valence-electron chi connectivity index (χ0n) is 20.7. The van der Waals surface area contributed by atoms with Crippen molar-refractivity contribution >= 4 is 28.0 Å². The van der Waals surface area contributed by atoms with Crippen LogP contribution in [0.1, 0.15) is 23.0 Å². The van der Waals surface area contributed by atoms with Crippen LogP contribution < -0.4 is 14.2 Å². The summed E-state index contributed by atoms with van der Waals surface area (Å²) in [7, 11) is 4.86. The molecule has 0 bridgehead atoms. The summed E-state index contributed by atoms with van der Waals surface area (Å²) in [6, 6.07) is 21.0. The van der Waals surface area contributed by atoms with Crippen LogP contribution in [0.4, 0.5) is 0 Å². The lowest BCUT2D eigenvalue weighted by molar-refractivity contribution is 0.0516. The molecular weight excluding hydrogens is 458 g/mol. The van der Waals surface area contributed by atoms with Gasteiger partial charge in [0.1, 0.15) is 28.5 Å². The van der Waals surface area contributed by atoms with E-state index in [1.54, 1.807) is 28.3 Å². The maximum atomic E-state index is 13.5. The number of aromatic nitrogens is 1. The van der Waals surface area contributed by atoms with E-state index in [-0.39, 0.29) is 6.61 Å². The summed E-state index contributed by atoms with van der Waals surface area (Å²) in [5.41, 5.74) is 4.91. The Bertz CT molecular complexity index is 1540. The molecule has 184 valence electrons. The first-order valence-electron chi connectivity index (χ1n) is 11.7. The molecule has 3 aromatic carbocycles. The first kappa shape index (κ1) is 23.4. The van der Waals surface area contributed by atoms with Crippen LogP contribution in [0.5, 0.6) is 17.2 Å². The fourth-order valence-electron chi connectivity index (χ4n) is 4.59. The molecule has 0 atom stereocenters. The number of nitrogens with zero attached hydrogens (tertiary/aromatic N) is 1. The molecule has 0 N–H and O–H groups in total. The number of para-hydroxylation sites is 1. The van der Waals surface area contributed by atoms with Gasteiger partial charge in [-0.2, -0.15) is 0 Å². The van der Waals surface area contributed by atoms with Gasteiger partial charge in [0.25, 0.3) is 0 Å². The van der Waals surface area contributed by atoms with Crippen LogP contribution in [-0.2, 0) is 11.3 Å². The number of furan rings is 1. The minimum atomic E-state index is -0.430. The van der Waals surface area contributed by atoms with Crippen molar-refractivity contribution in [3.05, 3.63) is 78.0 Å². The molecule has 0 saturated carbocycles. The summed E-state index contributed by atoms with van der Waals surface area (Å²) in [5.74, 6) is 1.67. The highest BCUT2D eigenvalue weighted by Gasteiger charge is 2.30. The summed E-state index contributed by atoms with van der Waals surface area (Å²) in [6.45, 7) is 2.38. The topological polar surface area (TPSA) is 72.1 Å². The molecular formula is C29H27NO6. The largest absolute Gasteiger partial charge is 0.497 e. The minimum absolute atomic E-state index is 0.247. The van der Waals surface area contributed by atoms with Crippen molar-refractivity contribution in [3.63, 3.8) is 0 Å². The van der Waals surface area contributed by atoms with E-state index >= 15 is 0 Å². The van der Waals surface area contributed by atoms with Gasteiger partial charge in [-0.25, -0.2) is 4.79 Å². The second-order valence-electron chi connectivity index (χ2n) is 8.21. The quantitative estimate of drug-likeness (QED) is 0.240. The molecule has 5 aromatic rings. The number of fused-ring (bicyclic) bond motifs is 3. The molecule has 0 amide bonds. The van der Waals surface area contributed by atoms with Gasteiger partial charge in [-0.05, 0) is 55.0 Å². The van der Waals surface area contributed by atoms with Crippen molar-refractivity contribution in [2.24, 2.45) is 0 Å². The first-order chi connectivity index (χ1) is 17.6. The van der Waals surface area contributed by atoms with Crippen LogP contribution in [-0.4, -0.2) is 38.5 Å². The highest BCUT2D eigenvalue weighted by molar-refractivity contribution is 6.14. The molecule has 0 aliphatic heterocycles. The van der Waals surface area contributed by atoms with Crippen molar-refractivity contribution in [2.45, 2.75) is 13.5 Å². The van der Waals surface area contributed by atoms with Crippen LogP contribution in [0.15, 0.2) is 71.1 Å². The van der Waals surface area contributed by atoms with E-state index < -0.39 is 5.97 Å². The highest BCUT2D eigenvalue weighted by Crippen LogP contribution is 2.42. The number of hydrogen-bond donors (Lipinski definition) is 0. The number of hydrogen-bond acceptors (Lipinski definition) is 6. The maximum Gasteiger partial charge on any atom is 0.355 e. The average molecular weight is 486 g/mol. The van der Waals surface area contributed by atoms with Gasteiger partial charge in [-0.1, -0.05) is 24.3 Å². The molecule has 0 aliphatic rings. The zero-order chi connectivity index (χ0) is 25.2. The maximum absolute atomic E-state index is 13.5. The number of benzene rings is 3. The van der Waals surface area contributed by atoms with Gasteiger partial charge in [0.05, 0.1) is 45.6 Å². The summed E-state index contributed by atoms with van der Waals surface area (Å²) in [5, 5.41) is 0.902. The Labute approximate surface area is 208 Å². The number of rotatable bonds is 8. The molecule has 5 rings (SSSR count). The number of carbonyl (C=O) groups is 1. The molecule has 2 heterocycles. The van der Waals surface area contributed by atoms with E-state index in [1.165, 1.54) is 0 Å². The standard InChI is InChI=1S/C29H27NO6/c1-5-35-29(31)27-25(18-10-12-20(32-2)13-11-18)28-26(22-8-6-7-9-24(22)36-28)30(27)17-19-16-21(33-3)14-15-23(19)34-4/h6-16H,5,17H2,1-4H3. The smallest absolute Gasteiger partial charge is 0.355 e. The van der Waals surface area contributed by atoms with Gasteiger partial charge in [0, 0.05) is 10.9 Å².